The molecule has 0 unspecified atom stereocenters. The quantitative estimate of drug-likeness (QED) is 0.882. The maximum atomic E-state index is 12.0. The van der Waals surface area contributed by atoms with Crippen LogP contribution in [-0.2, 0) is 13.0 Å². The number of carboxylic acids is 1. The molecular formula is C16H16N2O3. The summed E-state index contributed by atoms with van der Waals surface area (Å²) in [5.74, 6) is -1.39. The van der Waals surface area contributed by atoms with E-state index in [9.17, 15) is 9.59 Å². The molecule has 0 atom stereocenters. The van der Waals surface area contributed by atoms with Gasteiger partial charge in [0.05, 0.1) is 5.56 Å². The van der Waals surface area contributed by atoms with Gasteiger partial charge in [0.1, 0.15) is 5.69 Å². The molecule has 0 bridgehead atoms. The molecule has 0 radical (unpaired) electrons. The van der Waals surface area contributed by atoms with Gasteiger partial charge < -0.3 is 10.4 Å². The van der Waals surface area contributed by atoms with Crippen molar-refractivity contribution in [1.29, 1.82) is 0 Å². The zero-order valence-electron chi connectivity index (χ0n) is 11.7. The highest BCUT2D eigenvalue weighted by Gasteiger charge is 2.09. The fraction of sp³-hybridized carbons (Fsp3) is 0.188. The second-order valence-electron chi connectivity index (χ2n) is 4.54. The van der Waals surface area contributed by atoms with Crippen LogP contribution in [0.5, 0.6) is 0 Å². The average Bonchev–Trinajstić information content (AvgIpc) is 2.52. The summed E-state index contributed by atoms with van der Waals surface area (Å²) in [6.45, 7) is 2.48. The molecule has 0 spiro atoms. The van der Waals surface area contributed by atoms with E-state index in [4.69, 9.17) is 5.11 Å². The number of hydrogen-bond acceptors (Lipinski definition) is 3. The van der Waals surface area contributed by atoms with E-state index in [1.807, 2.05) is 24.3 Å². The molecule has 1 heterocycles. The van der Waals surface area contributed by atoms with Crippen LogP contribution in [0, 0.1) is 0 Å². The van der Waals surface area contributed by atoms with Crippen LogP contribution in [0.1, 0.15) is 38.9 Å². The van der Waals surface area contributed by atoms with Crippen LogP contribution >= 0.6 is 0 Å². The van der Waals surface area contributed by atoms with Gasteiger partial charge >= 0.3 is 5.97 Å². The predicted molar refractivity (Wildman–Crippen MR) is 78.2 cm³/mol. The number of aromatic carboxylic acids is 1. The first kappa shape index (κ1) is 14.7. The Kier molecular flexibility index (Phi) is 4.66. The third-order valence-corrected chi connectivity index (χ3v) is 3.18. The van der Waals surface area contributed by atoms with Gasteiger partial charge in [-0.1, -0.05) is 31.2 Å². The zero-order valence-corrected chi connectivity index (χ0v) is 11.7. The second kappa shape index (κ2) is 6.65. The van der Waals surface area contributed by atoms with Crippen LogP contribution in [0.15, 0.2) is 42.6 Å². The van der Waals surface area contributed by atoms with E-state index in [-0.39, 0.29) is 17.2 Å². The number of carbonyl (C=O) groups is 2. The van der Waals surface area contributed by atoms with Crippen LogP contribution in [0.25, 0.3) is 0 Å². The van der Waals surface area contributed by atoms with E-state index in [1.165, 1.54) is 23.9 Å². The summed E-state index contributed by atoms with van der Waals surface area (Å²) in [4.78, 5) is 26.6. The Morgan fingerprint density at radius 1 is 1.14 bits per heavy atom. The molecule has 2 aromatic rings. The predicted octanol–water partition coefficient (Wildman–Crippen LogP) is 2.27. The standard InChI is InChI=1S/C16H16N2O3/c1-2-11-5-3-4-6-12(11)9-18-15(19)14-8-7-13(10-17-14)16(20)21/h3-8,10H,2,9H2,1H3,(H,18,19)(H,20,21). The maximum absolute atomic E-state index is 12.0. The number of carboxylic acid groups (broad SMARTS) is 1. The average molecular weight is 284 g/mol. The molecule has 5 nitrogen and oxygen atoms in total. The summed E-state index contributed by atoms with van der Waals surface area (Å²) in [6, 6.07) is 10.7. The number of aryl methyl sites for hydroxylation is 1. The fourth-order valence-corrected chi connectivity index (χ4v) is 2.00. The first-order chi connectivity index (χ1) is 10.1. The van der Waals surface area contributed by atoms with Gasteiger partial charge in [0.15, 0.2) is 0 Å². The van der Waals surface area contributed by atoms with Gasteiger partial charge in [-0.2, -0.15) is 0 Å². The van der Waals surface area contributed by atoms with Gasteiger partial charge in [0, 0.05) is 12.7 Å². The van der Waals surface area contributed by atoms with Gasteiger partial charge in [-0.25, -0.2) is 4.79 Å². The molecule has 0 saturated heterocycles. The van der Waals surface area contributed by atoms with E-state index in [0.717, 1.165) is 12.0 Å². The number of carbonyl (C=O) groups excluding carboxylic acids is 1. The molecule has 0 saturated carbocycles. The van der Waals surface area contributed by atoms with Crippen LogP contribution in [0.3, 0.4) is 0 Å². The molecule has 2 N–H and O–H groups in total. The lowest BCUT2D eigenvalue weighted by Gasteiger charge is -2.09. The number of aromatic nitrogens is 1. The molecule has 0 aliphatic carbocycles. The lowest BCUT2D eigenvalue weighted by atomic mass is 10.1. The summed E-state index contributed by atoms with van der Waals surface area (Å²) >= 11 is 0. The Morgan fingerprint density at radius 3 is 2.43 bits per heavy atom. The Bertz CT molecular complexity index is 651. The van der Waals surface area contributed by atoms with Crippen molar-refractivity contribution in [3.63, 3.8) is 0 Å². The third kappa shape index (κ3) is 3.66. The fourth-order valence-electron chi connectivity index (χ4n) is 2.00. The van der Waals surface area contributed by atoms with Crippen molar-refractivity contribution in [2.45, 2.75) is 19.9 Å². The monoisotopic (exact) mass is 284 g/mol. The molecule has 1 aromatic carbocycles. The Labute approximate surface area is 122 Å². The van der Waals surface area contributed by atoms with Crippen LogP contribution < -0.4 is 5.32 Å². The van der Waals surface area contributed by atoms with Gasteiger partial charge in [0.2, 0.25) is 0 Å². The Morgan fingerprint density at radius 2 is 1.86 bits per heavy atom. The SMILES string of the molecule is CCc1ccccc1CNC(=O)c1ccc(C(=O)O)cn1. The molecule has 5 heteroatoms. The molecule has 2 rings (SSSR count). The van der Waals surface area contributed by atoms with Gasteiger partial charge in [-0.15, -0.1) is 0 Å². The summed E-state index contributed by atoms with van der Waals surface area (Å²) in [5, 5.41) is 11.6. The largest absolute Gasteiger partial charge is 0.478 e. The number of hydrogen-bond donors (Lipinski definition) is 2. The minimum atomic E-state index is -1.06. The molecule has 1 aromatic heterocycles. The molecule has 1 amide bonds. The Hall–Kier alpha value is -2.69. The topological polar surface area (TPSA) is 79.3 Å². The summed E-state index contributed by atoms with van der Waals surface area (Å²) < 4.78 is 0. The first-order valence-electron chi connectivity index (χ1n) is 6.66. The van der Waals surface area contributed by atoms with E-state index in [0.29, 0.717) is 6.54 Å². The highest BCUT2D eigenvalue weighted by Crippen LogP contribution is 2.09. The van der Waals surface area contributed by atoms with Gasteiger partial charge in [-0.05, 0) is 29.7 Å². The molecule has 0 aliphatic heterocycles. The number of amides is 1. The number of nitrogens with one attached hydrogen (secondary N) is 1. The number of pyridine rings is 1. The van der Waals surface area contributed by atoms with Gasteiger partial charge in [-0.3, -0.25) is 9.78 Å². The van der Waals surface area contributed by atoms with Crippen molar-refractivity contribution < 1.29 is 14.7 Å². The lowest BCUT2D eigenvalue weighted by Crippen LogP contribution is -2.24. The number of nitrogens with zero attached hydrogens (tertiary/aromatic N) is 1. The number of benzene rings is 1. The van der Waals surface area contributed by atoms with Crippen molar-refractivity contribution in [2.24, 2.45) is 0 Å². The Balaban J connectivity index is 2.03. The third-order valence-electron chi connectivity index (χ3n) is 3.18. The minimum absolute atomic E-state index is 0.0582. The summed E-state index contributed by atoms with van der Waals surface area (Å²) in [6.07, 6.45) is 2.08. The zero-order chi connectivity index (χ0) is 15.2. The smallest absolute Gasteiger partial charge is 0.337 e. The molecule has 0 fully saturated rings. The van der Waals surface area contributed by atoms with Crippen molar-refractivity contribution in [3.8, 4) is 0 Å². The minimum Gasteiger partial charge on any atom is -0.478 e. The number of rotatable bonds is 5. The van der Waals surface area contributed by atoms with Crippen LogP contribution in [0.4, 0.5) is 0 Å². The maximum Gasteiger partial charge on any atom is 0.337 e. The van der Waals surface area contributed by atoms with E-state index < -0.39 is 5.97 Å². The molecular weight excluding hydrogens is 268 g/mol. The lowest BCUT2D eigenvalue weighted by molar-refractivity contribution is 0.0695. The van der Waals surface area contributed by atoms with E-state index in [2.05, 4.69) is 17.2 Å². The normalized spacial score (nSPS) is 10.1. The van der Waals surface area contributed by atoms with Crippen molar-refractivity contribution in [3.05, 3.63) is 65.0 Å². The first-order valence-corrected chi connectivity index (χ1v) is 6.66. The second-order valence-corrected chi connectivity index (χ2v) is 4.54. The molecule has 0 aliphatic rings. The van der Waals surface area contributed by atoms with Crippen molar-refractivity contribution in [2.75, 3.05) is 0 Å². The molecule has 108 valence electrons. The van der Waals surface area contributed by atoms with Crippen molar-refractivity contribution in [1.82, 2.24) is 10.3 Å². The van der Waals surface area contributed by atoms with Crippen molar-refractivity contribution >= 4 is 11.9 Å². The highest BCUT2D eigenvalue weighted by molar-refractivity contribution is 5.93. The van der Waals surface area contributed by atoms with E-state index >= 15 is 0 Å². The summed E-state index contributed by atoms with van der Waals surface area (Å²) in [5.41, 5.74) is 2.51. The molecule has 21 heavy (non-hydrogen) atoms. The highest BCUT2D eigenvalue weighted by atomic mass is 16.4. The van der Waals surface area contributed by atoms with Crippen LogP contribution in [0.2, 0.25) is 0 Å². The van der Waals surface area contributed by atoms with Crippen LogP contribution in [-0.4, -0.2) is 22.0 Å². The van der Waals surface area contributed by atoms with E-state index in [1.54, 1.807) is 0 Å². The van der Waals surface area contributed by atoms with Gasteiger partial charge in [0.25, 0.3) is 5.91 Å². The summed E-state index contributed by atoms with van der Waals surface area (Å²) in [7, 11) is 0.